The van der Waals surface area contributed by atoms with E-state index in [1.165, 1.54) is 0 Å². The molecule has 1 N–H and O–H groups in total. The molecule has 1 aromatic carbocycles. The third-order valence-corrected chi connectivity index (χ3v) is 8.11. The van der Waals surface area contributed by atoms with Gasteiger partial charge in [0.1, 0.15) is 5.69 Å². The van der Waals surface area contributed by atoms with Gasteiger partial charge in [-0.2, -0.15) is 10.2 Å². The second-order valence-corrected chi connectivity index (χ2v) is 10.4. The van der Waals surface area contributed by atoms with E-state index in [0.29, 0.717) is 25.2 Å². The van der Waals surface area contributed by atoms with Crippen molar-refractivity contribution in [3.05, 3.63) is 35.7 Å². The molecule has 1 saturated carbocycles. The summed E-state index contributed by atoms with van der Waals surface area (Å²) in [5, 5.41) is 21.4. The van der Waals surface area contributed by atoms with Crippen LogP contribution in [0.2, 0.25) is 5.02 Å². The minimum Gasteiger partial charge on any atom is -0.389 e. The molecule has 3 fully saturated rings. The lowest BCUT2D eigenvalue weighted by molar-refractivity contribution is 0.00884. The number of ether oxygens (including phenoxy) is 2. The van der Waals surface area contributed by atoms with Gasteiger partial charge in [-0.3, -0.25) is 9.58 Å². The third-order valence-electron chi connectivity index (χ3n) is 7.81. The molecule has 2 aliphatic heterocycles. The molecule has 9 nitrogen and oxygen atoms in total. The van der Waals surface area contributed by atoms with Crippen molar-refractivity contribution in [1.82, 2.24) is 24.5 Å². The molecule has 0 spiro atoms. The Labute approximate surface area is 203 Å². The Bertz CT molecular complexity index is 1190. The minimum atomic E-state index is -0.449. The number of aliphatic hydroxyl groups excluding tert-OH is 1. The first kappa shape index (κ1) is 22.3. The first-order valence-electron chi connectivity index (χ1n) is 11.9. The van der Waals surface area contributed by atoms with Crippen LogP contribution in [0.3, 0.4) is 0 Å². The maximum absolute atomic E-state index is 10.4. The number of piperazine rings is 1. The lowest BCUT2D eigenvalue weighted by Crippen LogP contribution is -2.60. The molecule has 4 atom stereocenters. The van der Waals surface area contributed by atoms with E-state index in [4.69, 9.17) is 21.1 Å². The highest BCUT2D eigenvalue weighted by molar-refractivity contribution is 6.34. The average Bonchev–Trinajstić information content (AvgIpc) is 3.14. The van der Waals surface area contributed by atoms with Gasteiger partial charge in [0.05, 0.1) is 72.3 Å². The average molecular weight is 487 g/mol. The van der Waals surface area contributed by atoms with E-state index >= 15 is 0 Å². The fourth-order valence-corrected chi connectivity index (χ4v) is 5.76. The predicted octanol–water partition coefficient (Wildman–Crippen LogP) is 2.35. The van der Waals surface area contributed by atoms with Gasteiger partial charge < -0.3 is 19.5 Å². The van der Waals surface area contributed by atoms with Crippen LogP contribution < -0.4 is 4.90 Å². The molecular formula is C24H31ClN6O3. The van der Waals surface area contributed by atoms with Crippen molar-refractivity contribution in [1.29, 1.82) is 0 Å². The smallest absolute Gasteiger partial charge is 0.103 e. The van der Waals surface area contributed by atoms with Crippen molar-refractivity contribution in [2.45, 2.75) is 31.0 Å². The van der Waals surface area contributed by atoms with Gasteiger partial charge in [-0.1, -0.05) is 11.6 Å². The largest absolute Gasteiger partial charge is 0.389 e. The van der Waals surface area contributed by atoms with Crippen LogP contribution in [0.25, 0.3) is 16.6 Å². The van der Waals surface area contributed by atoms with Gasteiger partial charge in [-0.25, -0.2) is 4.68 Å². The second kappa shape index (κ2) is 8.49. The third kappa shape index (κ3) is 3.70. The van der Waals surface area contributed by atoms with E-state index in [-0.39, 0.29) is 5.54 Å². The number of methoxy groups -OCH3 is 1. The number of rotatable bonds is 6. The lowest BCUT2D eigenvalue weighted by atomic mass is 9.95. The zero-order valence-electron chi connectivity index (χ0n) is 19.6. The van der Waals surface area contributed by atoms with Gasteiger partial charge in [-0.05, 0) is 25.5 Å². The highest BCUT2D eigenvalue weighted by Crippen LogP contribution is 2.43. The molecule has 6 rings (SSSR count). The monoisotopic (exact) mass is 486 g/mol. The number of aromatic nitrogens is 4. The molecule has 182 valence electrons. The molecule has 3 aliphatic rings. The molecule has 2 saturated heterocycles. The van der Waals surface area contributed by atoms with E-state index in [2.05, 4.69) is 39.2 Å². The molecular weight excluding hydrogens is 456 g/mol. The number of anilines is 1. The van der Waals surface area contributed by atoms with E-state index in [9.17, 15) is 5.11 Å². The molecule has 34 heavy (non-hydrogen) atoms. The summed E-state index contributed by atoms with van der Waals surface area (Å²) in [4.78, 5) is 4.67. The molecule has 0 bridgehead atoms. The summed E-state index contributed by atoms with van der Waals surface area (Å²) in [5.74, 6) is 0.537. The lowest BCUT2D eigenvalue weighted by Gasteiger charge is -2.45. The van der Waals surface area contributed by atoms with Crippen LogP contribution in [-0.4, -0.2) is 94.3 Å². The Kier molecular flexibility index (Phi) is 5.57. The van der Waals surface area contributed by atoms with Crippen molar-refractivity contribution in [2.24, 2.45) is 5.92 Å². The fraction of sp³-hybridized carbons (Fsp3) is 0.583. The van der Waals surface area contributed by atoms with Crippen molar-refractivity contribution >= 4 is 28.2 Å². The Morgan fingerprint density at radius 3 is 2.76 bits per heavy atom. The Morgan fingerprint density at radius 2 is 2.03 bits per heavy atom. The summed E-state index contributed by atoms with van der Waals surface area (Å²) in [6, 6.07) is 4.54. The molecule has 0 radical (unpaired) electrons. The number of halogens is 1. The Balaban J connectivity index is 1.23. The van der Waals surface area contributed by atoms with Crippen LogP contribution in [0.15, 0.2) is 30.7 Å². The van der Waals surface area contributed by atoms with Gasteiger partial charge in [-0.15, -0.1) is 0 Å². The van der Waals surface area contributed by atoms with Crippen LogP contribution in [0, 0.1) is 5.92 Å². The summed E-state index contributed by atoms with van der Waals surface area (Å²) < 4.78 is 14.8. The number of nitrogens with zero attached hydrogens (tertiary/aromatic N) is 6. The number of benzene rings is 1. The molecule has 4 heterocycles. The number of aliphatic hydroxyl groups is 1. The summed E-state index contributed by atoms with van der Waals surface area (Å²) in [5.41, 5.74) is 2.65. The summed E-state index contributed by atoms with van der Waals surface area (Å²) in [6.07, 6.45) is 6.44. The number of hydrogen-bond acceptors (Lipinski definition) is 7. The zero-order chi connectivity index (χ0) is 23.4. The second-order valence-electron chi connectivity index (χ2n) is 9.98. The molecule has 10 heteroatoms. The van der Waals surface area contributed by atoms with Gasteiger partial charge in [0.25, 0.3) is 0 Å². The van der Waals surface area contributed by atoms with Gasteiger partial charge in [0.2, 0.25) is 0 Å². The highest BCUT2D eigenvalue weighted by Gasteiger charge is 2.44. The van der Waals surface area contributed by atoms with E-state index in [1.807, 2.05) is 27.8 Å². The molecule has 3 aromatic rings. The molecule has 1 aliphatic carbocycles. The van der Waals surface area contributed by atoms with Crippen molar-refractivity contribution in [3.8, 4) is 5.69 Å². The van der Waals surface area contributed by atoms with Crippen molar-refractivity contribution in [2.75, 3.05) is 58.0 Å². The van der Waals surface area contributed by atoms with E-state index < -0.39 is 6.10 Å². The minimum absolute atomic E-state index is 0.317. The summed E-state index contributed by atoms with van der Waals surface area (Å²) in [7, 11) is 1.75. The number of hydrogen-bond donors (Lipinski definition) is 1. The zero-order valence-corrected chi connectivity index (χ0v) is 20.4. The first-order valence-corrected chi connectivity index (χ1v) is 12.3. The summed E-state index contributed by atoms with van der Waals surface area (Å²) >= 11 is 6.72. The van der Waals surface area contributed by atoms with Crippen molar-refractivity contribution in [3.63, 3.8) is 0 Å². The predicted molar refractivity (Wildman–Crippen MR) is 130 cm³/mol. The molecule has 2 aromatic heterocycles. The number of fused-ring (bicyclic) bond motifs is 1. The molecule has 0 amide bonds. The Morgan fingerprint density at radius 1 is 1.21 bits per heavy atom. The highest BCUT2D eigenvalue weighted by atomic mass is 35.5. The fourth-order valence-electron chi connectivity index (χ4n) is 5.46. The van der Waals surface area contributed by atoms with Gasteiger partial charge >= 0.3 is 0 Å². The maximum Gasteiger partial charge on any atom is 0.103 e. The van der Waals surface area contributed by atoms with Gasteiger partial charge in [0, 0.05) is 44.6 Å². The van der Waals surface area contributed by atoms with E-state index in [0.717, 1.165) is 66.5 Å². The Hall–Kier alpha value is -2.17. The van der Waals surface area contributed by atoms with Crippen LogP contribution in [0.5, 0.6) is 0 Å². The maximum atomic E-state index is 10.4. The van der Waals surface area contributed by atoms with Crippen LogP contribution in [-0.2, 0) is 9.47 Å². The van der Waals surface area contributed by atoms with Gasteiger partial charge in [0.15, 0.2) is 0 Å². The normalized spacial score (nSPS) is 29.9. The summed E-state index contributed by atoms with van der Waals surface area (Å²) in [6.45, 7) is 7.21. The van der Waals surface area contributed by atoms with Crippen LogP contribution in [0.4, 0.5) is 5.69 Å². The van der Waals surface area contributed by atoms with E-state index in [1.54, 1.807) is 7.11 Å². The van der Waals surface area contributed by atoms with Crippen LogP contribution >= 0.6 is 11.6 Å². The first-order chi connectivity index (χ1) is 16.5. The topological polar surface area (TPSA) is 80.8 Å². The quantitative estimate of drug-likeness (QED) is 0.572. The molecule has 0 unspecified atom stereocenters. The standard InChI is InChI=1S/C24H31ClN6O3/c1-24(15-34-14-23(24)32)29-5-3-28(4-6-29)22-9-21-16(7-19(22)25)10-27-31(21)18-11-26-30(12-18)20-8-17(20)13-33-2/h7,9-12,17,20,23,32H,3-6,8,13-15H2,1-2H3/t17-,20+,23+,24-/m1/s1. The SMILES string of the molecule is COC[C@H]1C[C@@H]1n1cc(-n2ncc3cc(Cl)c(N4CCN([C@]5(C)COC[C@@H]5O)CC4)cc32)cn1. The van der Waals surface area contributed by atoms with Crippen LogP contribution in [0.1, 0.15) is 19.4 Å². The van der Waals surface area contributed by atoms with Crippen molar-refractivity contribution < 1.29 is 14.6 Å².